The summed E-state index contributed by atoms with van der Waals surface area (Å²) in [6, 6.07) is 9.84. The molecule has 0 unspecified atom stereocenters. The van der Waals surface area contributed by atoms with Crippen LogP contribution in [0.3, 0.4) is 0 Å². The Morgan fingerprint density at radius 1 is 1.24 bits per heavy atom. The third-order valence-corrected chi connectivity index (χ3v) is 2.87. The maximum atomic E-state index is 5.96. The van der Waals surface area contributed by atoms with Gasteiger partial charge in [-0.3, -0.25) is 5.10 Å². The molecular formula is C13H12N4. The van der Waals surface area contributed by atoms with Gasteiger partial charge in [-0.2, -0.15) is 5.10 Å². The van der Waals surface area contributed by atoms with Gasteiger partial charge < -0.3 is 5.73 Å². The second-order valence-corrected chi connectivity index (χ2v) is 4.03. The van der Waals surface area contributed by atoms with Crippen molar-refractivity contribution in [1.82, 2.24) is 15.2 Å². The van der Waals surface area contributed by atoms with Crippen LogP contribution >= 0.6 is 0 Å². The molecule has 0 radical (unpaired) electrons. The Balaban J connectivity index is 2.24. The molecule has 0 spiro atoms. The molecule has 0 fully saturated rings. The van der Waals surface area contributed by atoms with E-state index in [4.69, 9.17) is 5.73 Å². The van der Waals surface area contributed by atoms with Crippen LogP contribution in [0, 0.1) is 6.92 Å². The molecule has 0 bridgehead atoms. The van der Waals surface area contributed by atoms with Crippen molar-refractivity contribution in [3.63, 3.8) is 0 Å². The number of nitrogens with zero attached hydrogens (tertiary/aromatic N) is 2. The molecule has 0 amide bonds. The summed E-state index contributed by atoms with van der Waals surface area (Å²) in [5.41, 5.74) is 10.5. The molecule has 4 nitrogen and oxygen atoms in total. The van der Waals surface area contributed by atoms with E-state index < -0.39 is 0 Å². The number of H-pyrrole nitrogens is 1. The van der Waals surface area contributed by atoms with Gasteiger partial charge in [0.1, 0.15) is 0 Å². The van der Waals surface area contributed by atoms with Gasteiger partial charge >= 0.3 is 0 Å². The van der Waals surface area contributed by atoms with E-state index in [0.717, 1.165) is 33.5 Å². The molecule has 84 valence electrons. The summed E-state index contributed by atoms with van der Waals surface area (Å²) in [7, 11) is 0. The topological polar surface area (TPSA) is 67.6 Å². The zero-order valence-electron chi connectivity index (χ0n) is 9.44. The van der Waals surface area contributed by atoms with Crippen LogP contribution in [0.4, 0.5) is 5.69 Å². The lowest BCUT2D eigenvalue weighted by Gasteiger charge is -2.04. The fourth-order valence-corrected chi connectivity index (χ4v) is 1.93. The van der Waals surface area contributed by atoms with Crippen LogP contribution in [0.5, 0.6) is 0 Å². The summed E-state index contributed by atoms with van der Waals surface area (Å²) < 4.78 is 0. The number of aryl methyl sites for hydroxylation is 1. The quantitative estimate of drug-likeness (QED) is 0.624. The smallest absolute Gasteiger partial charge is 0.181 e. The molecule has 2 heterocycles. The van der Waals surface area contributed by atoms with Crippen LogP contribution in [0.2, 0.25) is 0 Å². The first-order chi connectivity index (χ1) is 8.25. The number of rotatable bonds is 1. The van der Waals surface area contributed by atoms with Crippen molar-refractivity contribution in [1.29, 1.82) is 0 Å². The van der Waals surface area contributed by atoms with Crippen molar-refractivity contribution in [2.75, 3.05) is 5.73 Å². The number of anilines is 1. The minimum atomic E-state index is 0.737. The third kappa shape index (κ3) is 1.54. The number of nitrogens with two attached hydrogens (primary N) is 1. The van der Waals surface area contributed by atoms with E-state index in [-0.39, 0.29) is 0 Å². The Bertz CT molecular complexity index is 685. The average Bonchev–Trinajstić information content (AvgIpc) is 2.71. The molecule has 0 aliphatic heterocycles. The highest BCUT2D eigenvalue weighted by Crippen LogP contribution is 2.27. The Morgan fingerprint density at radius 2 is 2.06 bits per heavy atom. The lowest BCUT2D eigenvalue weighted by Crippen LogP contribution is -1.90. The van der Waals surface area contributed by atoms with E-state index in [1.54, 1.807) is 6.20 Å². The summed E-state index contributed by atoms with van der Waals surface area (Å²) in [6.07, 6.45) is 1.80. The minimum absolute atomic E-state index is 0.737. The Labute approximate surface area is 98.5 Å². The molecule has 3 aromatic rings. The van der Waals surface area contributed by atoms with E-state index in [1.807, 2.05) is 31.2 Å². The van der Waals surface area contributed by atoms with Gasteiger partial charge in [-0.15, -0.1) is 0 Å². The molecular weight excluding hydrogens is 212 g/mol. The lowest BCUT2D eigenvalue weighted by molar-refractivity contribution is 1.05. The van der Waals surface area contributed by atoms with Crippen LogP contribution in [0.15, 0.2) is 36.5 Å². The highest BCUT2D eigenvalue weighted by molar-refractivity contribution is 5.85. The lowest BCUT2D eigenvalue weighted by atomic mass is 10.0. The van der Waals surface area contributed by atoms with Crippen LogP contribution < -0.4 is 5.73 Å². The highest BCUT2D eigenvalue weighted by Gasteiger charge is 2.07. The van der Waals surface area contributed by atoms with Crippen molar-refractivity contribution < 1.29 is 0 Å². The number of hydrogen-bond donors (Lipinski definition) is 2. The van der Waals surface area contributed by atoms with Crippen LogP contribution in [-0.4, -0.2) is 15.2 Å². The van der Waals surface area contributed by atoms with Gasteiger partial charge in [0.25, 0.3) is 0 Å². The Kier molecular flexibility index (Phi) is 2.08. The van der Waals surface area contributed by atoms with E-state index >= 15 is 0 Å². The fourth-order valence-electron chi connectivity index (χ4n) is 1.93. The molecule has 0 saturated heterocycles. The normalized spacial score (nSPS) is 10.9. The summed E-state index contributed by atoms with van der Waals surface area (Å²) in [6.45, 7) is 1.98. The molecule has 3 rings (SSSR count). The molecule has 2 aromatic heterocycles. The molecule has 0 aliphatic carbocycles. The number of hydrogen-bond acceptors (Lipinski definition) is 3. The number of aromatic nitrogens is 3. The number of para-hydroxylation sites is 1. The minimum Gasteiger partial charge on any atom is -0.398 e. The third-order valence-electron chi connectivity index (χ3n) is 2.87. The van der Waals surface area contributed by atoms with Crippen LogP contribution in [-0.2, 0) is 0 Å². The monoisotopic (exact) mass is 224 g/mol. The summed E-state index contributed by atoms with van der Waals surface area (Å²) >= 11 is 0. The fraction of sp³-hybridized carbons (Fsp3) is 0.0769. The number of nitrogen functional groups attached to an aromatic ring is 1. The first-order valence-electron chi connectivity index (χ1n) is 5.41. The van der Waals surface area contributed by atoms with E-state index in [9.17, 15) is 0 Å². The van der Waals surface area contributed by atoms with Crippen molar-refractivity contribution in [3.05, 3.63) is 42.2 Å². The maximum absolute atomic E-state index is 5.96. The van der Waals surface area contributed by atoms with Crippen molar-refractivity contribution >= 4 is 16.7 Å². The van der Waals surface area contributed by atoms with Gasteiger partial charge in [0.15, 0.2) is 5.65 Å². The zero-order chi connectivity index (χ0) is 11.8. The average molecular weight is 224 g/mol. The Morgan fingerprint density at radius 3 is 2.88 bits per heavy atom. The number of aromatic amines is 1. The van der Waals surface area contributed by atoms with Crippen LogP contribution in [0.1, 0.15) is 5.69 Å². The number of pyridine rings is 1. The zero-order valence-corrected chi connectivity index (χ0v) is 9.44. The largest absolute Gasteiger partial charge is 0.398 e. The molecule has 1 aromatic carbocycles. The van der Waals surface area contributed by atoms with Crippen molar-refractivity contribution in [3.8, 4) is 11.1 Å². The molecule has 0 saturated carbocycles. The van der Waals surface area contributed by atoms with Gasteiger partial charge in [0.2, 0.25) is 0 Å². The SMILES string of the molecule is Cc1[nH]nc2ncc(-c3ccccc3N)cc12. The van der Waals surface area contributed by atoms with Gasteiger partial charge in [-0.05, 0) is 19.1 Å². The first kappa shape index (κ1) is 9.84. The molecule has 0 aliphatic rings. The van der Waals surface area contributed by atoms with Gasteiger partial charge in [0, 0.05) is 34.1 Å². The Hall–Kier alpha value is -2.36. The van der Waals surface area contributed by atoms with E-state index in [1.165, 1.54) is 0 Å². The van der Waals surface area contributed by atoms with E-state index in [0.29, 0.717) is 0 Å². The van der Waals surface area contributed by atoms with Crippen molar-refractivity contribution in [2.45, 2.75) is 6.92 Å². The second kappa shape index (κ2) is 3.59. The van der Waals surface area contributed by atoms with Gasteiger partial charge in [-0.1, -0.05) is 18.2 Å². The summed E-state index contributed by atoms with van der Waals surface area (Å²) in [4.78, 5) is 4.32. The number of fused-ring (bicyclic) bond motifs is 1. The predicted molar refractivity (Wildman–Crippen MR) is 68.5 cm³/mol. The predicted octanol–water partition coefficient (Wildman–Crippen LogP) is 2.52. The molecule has 3 N–H and O–H groups in total. The summed E-state index contributed by atoms with van der Waals surface area (Å²) in [5, 5.41) is 8.07. The van der Waals surface area contributed by atoms with E-state index in [2.05, 4.69) is 21.2 Å². The van der Waals surface area contributed by atoms with Crippen LogP contribution in [0.25, 0.3) is 22.2 Å². The number of benzene rings is 1. The molecule has 0 atom stereocenters. The number of nitrogens with one attached hydrogen (secondary N) is 1. The summed E-state index contributed by atoms with van der Waals surface area (Å²) in [5.74, 6) is 0. The first-order valence-corrected chi connectivity index (χ1v) is 5.41. The molecule has 4 heteroatoms. The van der Waals surface area contributed by atoms with Gasteiger partial charge in [-0.25, -0.2) is 4.98 Å². The van der Waals surface area contributed by atoms with Gasteiger partial charge in [0.05, 0.1) is 0 Å². The standard InChI is InChI=1S/C13H12N4/c1-8-11-6-9(7-15-13(11)17-16-8)10-4-2-3-5-12(10)14/h2-7H,14H2,1H3,(H,15,16,17). The van der Waals surface area contributed by atoms with Crippen molar-refractivity contribution in [2.24, 2.45) is 0 Å². The second-order valence-electron chi connectivity index (χ2n) is 4.03. The molecule has 17 heavy (non-hydrogen) atoms. The maximum Gasteiger partial charge on any atom is 0.181 e. The highest BCUT2D eigenvalue weighted by atomic mass is 15.1.